The lowest BCUT2D eigenvalue weighted by Gasteiger charge is -2.53. The van der Waals surface area contributed by atoms with Crippen LogP contribution in [-0.2, 0) is 21.3 Å². The van der Waals surface area contributed by atoms with Crippen LogP contribution in [0.3, 0.4) is 0 Å². The van der Waals surface area contributed by atoms with Crippen LogP contribution in [0.2, 0.25) is 0 Å². The van der Waals surface area contributed by atoms with Crippen molar-refractivity contribution in [2.45, 2.75) is 56.9 Å². The summed E-state index contributed by atoms with van der Waals surface area (Å²) in [6.07, 6.45) is 3.71. The fourth-order valence-electron chi connectivity index (χ4n) is 4.36. The monoisotopic (exact) mass is 378 g/mol. The number of benzene rings is 1. The van der Waals surface area contributed by atoms with Crippen molar-refractivity contribution < 1.29 is 13.2 Å². The molecule has 1 aromatic carbocycles. The Morgan fingerprint density at radius 3 is 2.42 bits per heavy atom. The first-order chi connectivity index (χ1) is 12.3. The highest BCUT2D eigenvalue weighted by Crippen LogP contribution is 2.37. The molecule has 6 heteroatoms. The van der Waals surface area contributed by atoms with Gasteiger partial charge in [0.05, 0.1) is 17.5 Å². The second kappa shape index (κ2) is 6.89. The van der Waals surface area contributed by atoms with E-state index in [2.05, 4.69) is 41.7 Å². The van der Waals surface area contributed by atoms with Gasteiger partial charge in [-0.05, 0) is 51.0 Å². The van der Waals surface area contributed by atoms with Gasteiger partial charge in [0, 0.05) is 26.2 Å². The Morgan fingerprint density at radius 1 is 1.15 bits per heavy atom. The Labute approximate surface area is 157 Å². The highest BCUT2D eigenvalue weighted by Gasteiger charge is 2.46. The molecule has 2 saturated heterocycles. The fourth-order valence-corrected chi connectivity index (χ4v) is 5.82. The van der Waals surface area contributed by atoms with Gasteiger partial charge in [-0.2, -0.15) is 0 Å². The maximum atomic E-state index is 11.9. The largest absolute Gasteiger partial charge is 0.372 e. The number of rotatable bonds is 6. The van der Waals surface area contributed by atoms with Crippen molar-refractivity contribution >= 4 is 10.0 Å². The molecule has 4 rings (SSSR count). The lowest BCUT2D eigenvalue weighted by atomic mass is 9.82. The molecule has 1 saturated carbocycles. The molecule has 1 aromatic rings. The molecule has 0 unspecified atom stereocenters. The minimum atomic E-state index is -3.07. The van der Waals surface area contributed by atoms with Crippen LogP contribution in [0.1, 0.15) is 42.4 Å². The lowest BCUT2D eigenvalue weighted by Crippen LogP contribution is -2.64. The fraction of sp³-hybridized carbons (Fsp3) is 0.700. The molecule has 1 aliphatic carbocycles. The number of likely N-dealkylation sites (tertiary alicyclic amines) is 1. The van der Waals surface area contributed by atoms with Crippen LogP contribution in [0.4, 0.5) is 0 Å². The topological polar surface area (TPSA) is 58.6 Å². The van der Waals surface area contributed by atoms with E-state index in [-0.39, 0.29) is 10.9 Å². The Bertz CT molecular complexity index is 737. The van der Waals surface area contributed by atoms with Crippen molar-refractivity contribution in [2.75, 3.05) is 26.2 Å². The standard InChI is InChI=1S/C20H30N2O3S/c1-15-7-16(2)9-18(8-15)11-22-13-20(14-22)6-5-17(12-25-20)10-21-26(23,24)19-3-4-19/h7-9,17,19,21H,3-6,10-14H2,1-2H3/t17-/m1/s1. The maximum absolute atomic E-state index is 11.9. The summed E-state index contributed by atoms with van der Waals surface area (Å²) in [6, 6.07) is 6.74. The van der Waals surface area contributed by atoms with E-state index >= 15 is 0 Å². The van der Waals surface area contributed by atoms with Crippen molar-refractivity contribution in [2.24, 2.45) is 5.92 Å². The molecule has 144 valence electrons. The normalized spacial score (nSPS) is 26.0. The summed E-state index contributed by atoms with van der Waals surface area (Å²) in [5, 5.41) is -0.135. The van der Waals surface area contributed by atoms with E-state index < -0.39 is 10.0 Å². The molecule has 1 atom stereocenters. The number of hydrogen-bond acceptors (Lipinski definition) is 4. The van der Waals surface area contributed by atoms with Gasteiger partial charge in [-0.1, -0.05) is 29.3 Å². The van der Waals surface area contributed by atoms with Gasteiger partial charge >= 0.3 is 0 Å². The smallest absolute Gasteiger partial charge is 0.214 e. The van der Waals surface area contributed by atoms with E-state index in [1.165, 1.54) is 16.7 Å². The van der Waals surface area contributed by atoms with Gasteiger partial charge in [0.2, 0.25) is 10.0 Å². The SMILES string of the molecule is Cc1cc(C)cc(CN2CC3(CC[C@H](CNS(=O)(=O)C4CC4)CO3)C2)c1. The van der Waals surface area contributed by atoms with Gasteiger partial charge in [0.25, 0.3) is 0 Å². The van der Waals surface area contributed by atoms with Crippen molar-refractivity contribution in [3.8, 4) is 0 Å². The first kappa shape index (κ1) is 18.4. The third-order valence-corrected chi connectivity index (χ3v) is 7.80. The second-order valence-corrected chi connectivity index (χ2v) is 10.7. The predicted molar refractivity (Wildman–Crippen MR) is 103 cm³/mol. The molecule has 0 aromatic heterocycles. The molecule has 0 bridgehead atoms. The van der Waals surface area contributed by atoms with Crippen LogP contribution in [0.25, 0.3) is 0 Å². The van der Waals surface area contributed by atoms with Crippen molar-refractivity contribution in [3.63, 3.8) is 0 Å². The summed E-state index contributed by atoms with van der Waals surface area (Å²) >= 11 is 0. The van der Waals surface area contributed by atoms with E-state index in [0.717, 1.165) is 45.3 Å². The predicted octanol–water partition coefficient (Wildman–Crippen LogP) is 2.37. The van der Waals surface area contributed by atoms with E-state index in [1.54, 1.807) is 0 Å². The lowest BCUT2D eigenvalue weighted by molar-refractivity contribution is -0.181. The van der Waals surface area contributed by atoms with Gasteiger partial charge in [0.1, 0.15) is 0 Å². The summed E-state index contributed by atoms with van der Waals surface area (Å²) in [4.78, 5) is 2.45. The number of hydrogen-bond donors (Lipinski definition) is 1. The molecule has 0 amide bonds. The summed E-state index contributed by atoms with van der Waals surface area (Å²) < 4.78 is 32.9. The Kier molecular flexibility index (Phi) is 4.88. The molecule has 5 nitrogen and oxygen atoms in total. The number of sulfonamides is 1. The average molecular weight is 379 g/mol. The molecule has 3 fully saturated rings. The molecule has 26 heavy (non-hydrogen) atoms. The highest BCUT2D eigenvalue weighted by molar-refractivity contribution is 7.90. The number of aryl methyl sites for hydroxylation is 2. The van der Waals surface area contributed by atoms with Gasteiger partial charge in [-0.25, -0.2) is 13.1 Å². The van der Waals surface area contributed by atoms with E-state index in [1.807, 2.05) is 0 Å². The molecule has 3 aliphatic rings. The van der Waals surface area contributed by atoms with Crippen molar-refractivity contribution in [1.82, 2.24) is 9.62 Å². The number of ether oxygens (including phenoxy) is 1. The number of nitrogens with one attached hydrogen (secondary N) is 1. The van der Waals surface area contributed by atoms with E-state index in [4.69, 9.17) is 4.74 Å². The van der Waals surface area contributed by atoms with Crippen molar-refractivity contribution in [1.29, 1.82) is 0 Å². The van der Waals surface area contributed by atoms with Gasteiger partial charge in [-0.3, -0.25) is 4.90 Å². The van der Waals surface area contributed by atoms with E-state index in [0.29, 0.717) is 19.1 Å². The van der Waals surface area contributed by atoms with Crippen molar-refractivity contribution in [3.05, 3.63) is 34.9 Å². The van der Waals surface area contributed by atoms with Crippen LogP contribution < -0.4 is 4.72 Å². The highest BCUT2D eigenvalue weighted by atomic mass is 32.2. The first-order valence-electron chi connectivity index (χ1n) is 9.76. The summed E-state index contributed by atoms with van der Waals surface area (Å²) in [6.45, 7) is 8.46. The Balaban J connectivity index is 1.22. The van der Waals surface area contributed by atoms with Crippen LogP contribution in [0, 0.1) is 19.8 Å². The third-order valence-electron chi connectivity index (χ3n) is 5.88. The summed E-state index contributed by atoms with van der Waals surface area (Å²) in [7, 11) is -3.07. The van der Waals surface area contributed by atoms with Crippen LogP contribution in [-0.4, -0.2) is 50.4 Å². The minimum absolute atomic E-state index is 0.00470. The Morgan fingerprint density at radius 2 is 1.85 bits per heavy atom. The Hall–Kier alpha value is -0.950. The van der Waals surface area contributed by atoms with Gasteiger partial charge in [-0.15, -0.1) is 0 Å². The molecule has 2 aliphatic heterocycles. The van der Waals surface area contributed by atoms with Gasteiger partial charge in [0.15, 0.2) is 0 Å². The average Bonchev–Trinajstić information content (AvgIpc) is 3.37. The van der Waals surface area contributed by atoms with Crippen LogP contribution >= 0.6 is 0 Å². The zero-order valence-electron chi connectivity index (χ0n) is 15.8. The molecule has 1 N–H and O–H groups in total. The third kappa shape index (κ3) is 4.14. The molecular weight excluding hydrogens is 348 g/mol. The molecule has 0 radical (unpaired) electrons. The summed E-state index contributed by atoms with van der Waals surface area (Å²) in [5.74, 6) is 0.308. The summed E-state index contributed by atoms with van der Waals surface area (Å²) in [5.41, 5.74) is 4.02. The zero-order valence-corrected chi connectivity index (χ0v) is 16.6. The first-order valence-corrected chi connectivity index (χ1v) is 11.3. The van der Waals surface area contributed by atoms with E-state index in [9.17, 15) is 8.42 Å². The zero-order chi connectivity index (χ0) is 18.4. The van der Waals surface area contributed by atoms with Crippen LogP contribution in [0.15, 0.2) is 18.2 Å². The minimum Gasteiger partial charge on any atom is -0.372 e. The quantitative estimate of drug-likeness (QED) is 0.826. The maximum Gasteiger partial charge on any atom is 0.214 e. The second-order valence-electron chi connectivity index (χ2n) is 8.63. The molecular formula is C20H30N2O3S. The van der Waals surface area contributed by atoms with Gasteiger partial charge < -0.3 is 4.74 Å². The molecule has 2 heterocycles. The number of nitrogens with zero attached hydrogens (tertiary/aromatic N) is 1. The van der Waals surface area contributed by atoms with Crippen LogP contribution in [0.5, 0.6) is 0 Å². The molecule has 1 spiro atoms.